The number of benzene rings is 1. The van der Waals surface area contributed by atoms with Gasteiger partial charge in [0.25, 0.3) is 0 Å². The monoisotopic (exact) mass is 366 g/mol. The molecule has 144 valence electrons. The van der Waals surface area contributed by atoms with Crippen molar-refractivity contribution < 1.29 is 4.79 Å². The molecule has 27 heavy (non-hydrogen) atoms. The summed E-state index contributed by atoms with van der Waals surface area (Å²) >= 11 is 0. The van der Waals surface area contributed by atoms with Gasteiger partial charge >= 0.3 is 0 Å². The van der Waals surface area contributed by atoms with E-state index in [1.54, 1.807) is 0 Å². The van der Waals surface area contributed by atoms with Gasteiger partial charge in [0.15, 0.2) is 0 Å². The second kappa shape index (κ2) is 7.85. The summed E-state index contributed by atoms with van der Waals surface area (Å²) in [5.41, 5.74) is 2.29. The van der Waals surface area contributed by atoms with E-state index >= 15 is 0 Å². The van der Waals surface area contributed by atoms with Gasteiger partial charge in [-0.15, -0.1) is 0 Å². The van der Waals surface area contributed by atoms with Crippen LogP contribution in [0.5, 0.6) is 0 Å². The minimum absolute atomic E-state index is 0.211. The lowest BCUT2D eigenvalue weighted by Crippen LogP contribution is -2.61. The first-order chi connectivity index (χ1) is 13.2. The molecule has 0 radical (unpaired) electrons. The molecule has 1 N–H and O–H groups in total. The Morgan fingerprint density at radius 2 is 1.85 bits per heavy atom. The molecule has 4 rings (SSSR count). The van der Waals surface area contributed by atoms with Gasteiger partial charge < -0.3 is 9.88 Å². The fraction of sp³-hybridized carbons (Fsp3) is 0.545. The van der Waals surface area contributed by atoms with Crippen molar-refractivity contribution in [1.29, 1.82) is 0 Å². The summed E-state index contributed by atoms with van der Waals surface area (Å²) in [5, 5.41) is 3.27. The Hall–Kier alpha value is -2.14. The Kier molecular flexibility index (Phi) is 5.30. The number of fused-ring (bicyclic) bond motifs is 1. The van der Waals surface area contributed by atoms with Gasteiger partial charge in [0.2, 0.25) is 5.91 Å². The van der Waals surface area contributed by atoms with Crippen molar-refractivity contribution in [1.82, 2.24) is 19.8 Å². The third-order valence-corrected chi connectivity index (χ3v) is 6.25. The van der Waals surface area contributed by atoms with Crippen LogP contribution in [0.2, 0.25) is 0 Å². The lowest BCUT2D eigenvalue weighted by molar-refractivity contribution is -0.134. The molecule has 1 fully saturated rings. The number of amides is 1. The van der Waals surface area contributed by atoms with E-state index in [0.29, 0.717) is 6.54 Å². The number of aromatic nitrogens is 2. The first-order valence-corrected chi connectivity index (χ1v) is 10.3. The largest absolute Gasteiger partial charge is 0.354 e. The quantitative estimate of drug-likeness (QED) is 0.800. The molecule has 1 aliphatic heterocycles. The van der Waals surface area contributed by atoms with Crippen LogP contribution in [0.25, 0.3) is 0 Å². The van der Waals surface area contributed by atoms with Crippen molar-refractivity contribution in [3.63, 3.8) is 0 Å². The molecule has 1 aliphatic carbocycles. The van der Waals surface area contributed by atoms with Gasteiger partial charge in [0, 0.05) is 38.3 Å². The van der Waals surface area contributed by atoms with E-state index in [9.17, 15) is 4.79 Å². The molecule has 0 atom stereocenters. The van der Waals surface area contributed by atoms with Gasteiger partial charge in [-0.25, -0.2) is 4.98 Å². The van der Waals surface area contributed by atoms with E-state index in [4.69, 9.17) is 0 Å². The van der Waals surface area contributed by atoms with Crippen LogP contribution in [0, 0.1) is 6.92 Å². The van der Waals surface area contributed by atoms with Gasteiger partial charge in [-0.05, 0) is 50.4 Å². The zero-order valence-electron chi connectivity index (χ0n) is 16.3. The highest BCUT2D eigenvalue weighted by Crippen LogP contribution is 2.36. The Balaban J connectivity index is 1.43. The fourth-order valence-corrected chi connectivity index (χ4v) is 4.70. The second-order valence-corrected chi connectivity index (χ2v) is 7.98. The predicted octanol–water partition coefficient (Wildman–Crippen LogP) is 2.72. The molecule has 1 amide bonds. The molecule has 5 nitrogen and oxygen atoms in total. The highest BCUT2D eigenvalue weighted by molar-refractivity contribution is 5.88. The van der Waals surface area contributed by atoms with Crippen LogP contribution in [-0.4, -0.2) is 45.5 Å². The summed E-state index contributed by atoms with van der Waals surface area (Å²) in [6, 6.07) is 8.57. The lowest BCUT2D eigenvalue weighted by Gasteiger charge is -2.42. The third kappa shape index (κ3) is 3.65. The van der Waals surface area contributed by atoms with Crippen LogP contribution in [0.15, 0.2) is 36.7 Å². The zero-order valence-corrected chi connectivity index (χ0v) is 16.3. The molecule has 2 aromatic rings. The van der Waals surface area contributed by atoms with Crippen LogP contribution in [0.1, 0.15) is 42.6 Å². The van der Waals surface area contributed by atoms with Crippen molar-refractivity contribution >= 4 is 5.91 Å². The molecule has 2 aliphatic rings. The molecule has 0 saturated carbocycles. The van der Waals surface area contributed by atoms with Crippen molar-refractivity contribution in [3.05, 3.63) is 53.6 Å². The van der Waals surface area contributed by atoms with E-state index < -0.39 is 5.54 Å². The number of piperidine rings is 1. The van der Waals surface area contributed by atoms with Gasteiger partial charge in [0.05, 0.1) is 0 Å². The number of nitrogens with zero attached hydrogens (tertiary/aromatic N) is 3. The standard InChI is InChI=1S/C22H30N4O/c1-18-23-11-15-25(18)12-7-10-24-21(27)22(26-13-5-2-6-14-26)16-19-8-3-4-9-20(19)17-22/h3-4,8-9,11,15H,2,5-7,10,12-14,16-17H2,1H3,(H,24,27). The van der Waals surface area contributed by atoms with Crippen LogP contribution in [0.4, 0.5) is 0 Å². The maximum Gasteiger partial charge on any atom is 0.241 e. The normalized spacial score (nSPS) is 19.0. The molecular weight excluding hydrogens is 336 g/mol. The Morgan fingerprint density at radius 1 is 1.15 bits per heavy atom. The number of carbonyl (C=O) groups excluding carboxylic acids is 1. The zero-order chi connectivity index (χ0) is 18.7. The number of likely N-dealkylation sites (tertiary alicyclic amines) is 1. The molecule has 1 aromatic heterocycles. The number of imidazole rings is 1. The number of nitrogens with one attached hydrogen (secondary N) is 1. The summed E-state index contributed by atoms with van der Waals surface area (Å²) in [5.74, 6) is 1.24. The highest BCUT2D eigenvalue weighted by Gasteiger charge is 2.48. The average Bonchev–Trinajstić information content (AvgIpc) is 3.30. The van der Waals surface area contributed by atoms with E-state index in [-0.39, 0.29) is 5.91 Å². The first kappa shape index (κ1) is 18.2. The molecular formula is C22H30N4O. The summed E-state index contributed by atoms with van der Waals surface area (Å²) in [6.07, 6.45) is 10.1. The lowest BCUT2D eigenvalue weighted by atomic mass is 9.89. The Labute approximate surface area is 161 Å². The van der Waals surface area contributed by atoms with Gasteiger partial charge in [-0.1, -0.05) is 30.7 Å². The molecule has 2 heterocycles. The van der Waals surface area contributed by atoms with E-state index in [0.717, 1.165) is 44.7 Å². The molecule has 1 aromatic carbocycles. The van der Waals surface area contributed by atoms with Crippen LogP contribution >= 0.6 is 0 Å². The molecule has 0 bridgehead atoms. The Morgan fingerprint density at radius 3 is 2.48 bits per heavy atom. The summed E-state index contributed by atoms with van der Waals surface area (Å²) in [7, 11) is 0. The van der Waals surface area contributed by atoms with Crippen LogP contribution in [0.3, 0.4) is 0 Å². The summed E-state index contributed by atoms with van der Waals surface area (Å²) < 4.78 is 2.14. The Bertz CT molecular complexity index is 766. The van der Waals surface area contributed by atoms with Gasteiger partial charge in [-0.2, -0.15) is 0 Å². The third-order valence-electron chi connectivity index (χ3n) is 6.25. The van der Waals surface area contributed by atoms with Crippen molar-refractivity contribution in [3.8, 4) is 0 Å². The fourth-order valence-electron chi connectivity index (χ4n) is 4.70. The van der Waals surface area contributed by atoms with E-state index in [1.807, 2.05) is 19.3 Å². The van der Waals surface area contributed by atoms with Crippen molar-refractivity contribution in [2.24, 2.45) is 0 Å². The number of hydrogen-bond acceptors (Lipinski definition) is 3. The number of carbonyl (C=O) groups is 1. The van der Waals surface area contributed by atoms with Crippen LogP contribution in [-0.2, 0) is 24.2 Å². The van der Waals surface area contributed by atoms with E-state index in [2.05, 4.69) is 44.0 Å². The maximum atomic E-state index is 13.4. The minimum Gasteiger partial charge on any atom is -0.354 e. The first-order valence-electron chi connectivity index (χ1n) is 10.3. The molecule has 5 heteroatoms. The molecule has 0 unspecified atom stereocenters. The number of hydrogen-bond donors (Lipinski definition) is 1. The highest BCUT2D eigenvalue weighted by atomic mass is 16.2. The van der Waals surface area contributed by atoms with Gasteiger partial charge in [-0.3, -0.25) is 9.69 Å². The molecule has 1 saturated heterocycles. The summed E-state index contributed by atoms with van der Waals surface area (Å²) in [6.45, 7) is 5.69. The minimum atomic E-state index is -0.394. The second-order valence-electron chi connectivity index (χ2n) is 7.98. The number of rotatable bonds is 6. The maximum absolute atomic E-state index is 13.4. The number of aryl methyl sites for hydroxylation is 2. The van der Waals surface area contributed by atoms with Crippen molar-refractivity contribution in [2.75, 3.05) is 19.6 Å². The SMILES string of the molecule is Cc1nccn1CCCNC(=O)C1(N2CCCCC2)Cc2ccccc2C1. The van der Waals surface area contributed by atoms with E-state index in [1.165, 1.54) is 30.4 Å². The topological polar surface area (TPSA) is 50.2 Å². The van der Waals surface area contributed by atoms with Gasteiger partial charge in [0.1, 0.15) is 11.4 Å². The van der Waals surface area contributed by atoms with Crippen LogP contribution < -0.4 is 5.32 Å². The average molecular weight is 367 g/mol. The molecule has 0 spiro atoms. The predicted molar refractivity (Wildman–Crippen MR) is 107 cm³/mol. The van der Waals surface area contributed by atoms with Crippen molar-refractivity contribution in [2.45, 2.75) is 57.5 Å². The summed E-state index contributed by atoms with van der Waals surface area (Å²) in [4.78, 5) is 20.1. The smallest absolute Gasteiger partial charge is 0.241 e.